The predicted molar refractivity (Wildman–Crippen MR) is 60.2 cm³/mol. The van der Waals surface area contributed by atoms with Crippen LogP contribution < -0.4 is 22.3 Å². The van der Waals surface area contributed by atoms with Crippen molar-refractivity contribution in [1.29, 1.82) is 0 Å². The Morgan fingerprint density at radius 1 is 1.00 bits per heavy atom. The van der Waals surface area contributed by atoms with Gasteiger partial charge >= 0.3 is 0 Å². The van der Waals surface area contributed by atoms with Gasteiger partial charge in [0.1, 0.15) is 0 Å². The van der Waals surface area contributed by atoms with Crippen molar-refractivity contribution in [2.45, 2.75) is 0 Å². The van der Waals surface area contributed by atoms with Crippen LogP contribution in [0.15, 0.2) is 36.2 Å². The fraction of sp³-hybridized carbons (Fsp3) is 0. The van der Waals surface area contributed by atoms with E-state index in [1.165, 1.54) is 0 Å². The molecule has 5 heteroatoms. The summed E-state index contributed by atoms with van der Waals surface area (Å²) in [6, 6.07) is 5.36. The number of nitrogen functional groups attached to an aromatic ring is 2. The number of hydrazine groups is 1. The number of aliphatic hydroxyl groups excluding tert-OH is 1. The summed E-state index contributed by atoms with van der Waals surface area (Å²) in [5.74, 6) is 0.0715. The molecule has 0 aromatic heterocycles. The molecule has 0 saturated heterocycles. The van der Waals surface area contributed by atoms with Crippen LogP contribution in [0.4, 0.5) is 11.4 Å². The molecule has 1 aromatic rings. The average molecular weight is 204 g/mol. The van der Waals surface area contributed by atoms with Crippen LogP contribution in [0.5, 0.6) is 0 Å². The van der Waals surface area contributed by atoms with Gasteiger partial charge in [-0.1, -0.05) is 6.07 Å². The minimum absolute atomic E-state index is 0.0715. The topological polar surface area (TPSA) is 96.3 Å². The molecule has 2 rings (SSSR count). The lowest BCUT2D eigenvalue weighted by molar-refractivity contribution is 0.351. The van der Waals surface area contributed by atoms with Crippen LogP contribution >= 0.6 is 0 Å². The second-order valence-electron chi connectivity index (χ2n) is 3.23. The number of nitrogens with two attached hydrogens (primary N) is 2. The van der Waals surface area contributed by atoms with Gasteiger partial charge in [-0.05, 0) is 18.2 Å². The zero-order valence-corrected chi connectivity index (χ0v) is 7.99. The van der Waals surface area contributed by atoms with Gasteiger partial charge in [0.15, 0.2) is 0 Å². The van der Waals surface area contributed by atoms with Crippen molar-refractivity contribution in [2.24, 2.45) is 0 Å². The van der Waals surface area contributed by atoms with Crippen molar-refractivity contribution in [3.63, 3.8) is 0 Å². The lowest BCUT2D eigenvalue weighted by Gasteiger charge is -2.16. The van der Waals surface area contributed by atoms with Gasteiger partial charge in [-0.2, -0.15) is 0 Å². The summed E-state index contributed by atoms with van der Waals surface area (Å²) in [4.78, 5) is 0. The van der Waals surface area contributed by atoms with Gasteiger partial charge in [-0.3, -0.25) is 10.9 Å². The van der Waals surface area contributed by atoms with Crippen LogP contribution in [0.2, 0.25) is 0 Å². The van der Waals surface area contributed by atoms with E-state index in [1.54, 1.807) is 24.3 Å². The quantitative estimate of drug-likeness (QED) is 0.434. The van der Waals surface area contributed by atoms with E-state index in [-0.39, 0.29) is 5.88 Å². The highest BCUT2D eigenvalue weighted by molar-refractivity contribution is 5.74. The molecule has 1 aliphatic heterocycles. The van der Waals surface area contributed by atoms with Gasteiger partial charge in [-0.15, -0.1) is 0 Å². The van der Waals surface area contributed by atoms with Crippen LogP contribution in [0.1, 0.15) is 5.56 Å². The van der Waals surface area contributed by atoms with Crippen LogP contribution in [0.25, 0.3) is 5.70 Å². The number of benzene rings is 1. The third-order valence-electron chi connectivity index (χ3n) is 2.13. The Morgan fingerprint density at radius 2 is 1.80 bits per heavy atom. The summed E-state index contributed by atoms with van der Waals surface area (Å²) in [6.07, 6.45) is 3.30. The Morgan fingerprint density at radius 3 is 2.40 bits per heavy atom. The average Bonchev–Trinajstić information content (AvgIpc) is 2.23. The Bertz CT molecular complexity index is 451. The Kier molecular flexibility index (Phi) is 2.13. The van der Waals surface area contributed by atoms with Crippen molar-refractivity contribution < 1.29 is 5.11 Å². The standard InChI is InChI=1S/C10H12N4O/c11-7-2-1-6(5-8(7)12)9-3-4-10(15)14-13-9/h1-5,13-15H,11-12H2. The molecule has 0 radical (unpaired) electrons. The number of hydrogen-bond donors (Lipinski definition) is 5. The van der Waals surface area contributed by atoms with Gasteiger partial charge in [0, 0.05) is 11.6 Å². The van der Waals surface area contributed by atoms with E-state index in [2.05, 4.69) is 10.9 Å². The van der Waals surface area contributed by atoms with E-state index in [0.717, 1.165) is 11.3 Å². The van der Waals surface area contributed by atoms with E-state index in [1.807, 2.05) is 6.07 Å². The SMILES string of the molecule is Nc1ccc(C2=CC=C(O)NN2)cc1N. The summed E-state index contributed by atoms with van der Waals surface area (Å²) in [5, 5.41) is 9.07. The van der Waals surface area contributed by atoms with Gasteiger partial charge in [-0.25, -0.2) is 0 Å². The van der Waals surface area contributed by atoms with Crippen molar-refractivity contribution in [1.82, 2.24) is 10.9 Å². The maximum absolute atomic E-state index is 9.07. The fourth-order valence-electron chi connectivity index (χ4n) is 1.29. The second kappa shape index (κ2) is 3.45. The maximum Gasteiger partial charge on any atom is 0.203 e. The largest absolute Gasteiger partial charge is 0.494 e. The third kappa shape index (κ3) is 1.80. The molecule has 7 N–H and O–H groups in total. The van der Waals surface area contributed by atoms with E-state index in [0.29, 0.717) is 11.4 Å². The molecular weight excluding hydrogens is 192 g/mol. The van der Waals surface area contributed by atoms with Crippen molar-refractivity contribution in [2.75, 3.05) is 11.5 Å². The molecule has 0 atom stereocenters. The summed E-state index contributed by atoms with van der Waals surface area (Å²) >= 11 is 0. The summed E-state index contributed by atoms with van der Waals surface area (Å²) in [7, 11) is 0. The summed E-state index contributed by atoms with van der Waals surface area (Å²) in [5.41, 5.74) is 19.5. The van der Waals surface area contributed by atoms with E-state index < -0.39 is 0 Å². The predicted octanol–water partition coefficient (Wildman–Crippen LogP) is 0.699. The molecule has 0 saturated carbocycles. The van der Waals surface area contributed by atoms with Gasteiger partial charge in [0.05, 0.1) is 17.1 Å². The van der Waals surface area contributed by atoms with Gasteiger partial charge in [0.2, 0.25) is 5.88 Å². The lowest BCUT2D eigenvalue weighted by Crippen LogP contribution is -2.31. The van der Waals surface area contributed by atoms with E-state index >= 15 is 0 Å². The molecule has 5 nitrogen and oxygen atoms in total. The van der Waals surface area contributed by atoms with Crippen LogP contribution in [-0.4, -0.2) is 5.11 Å². The van der Waals surface area contributed by atoms with Gasteiger partial charge in [0.25, 0.3) is 0 Å². The zero-order valence-electron chi connectivity index (χ0n) is 7.99. The van der Waals surface area contributed by atoms with Crippen molar-refractivity contribution in [3.8, 4) is 0 Å². The third-order valence-corrected chi connectivity index (χ3v) is 2.13. The highest BCUT2D eigenvalue weighted by Gasteiger charge is 2.06. The lowest BCUT2D eigenvalue weighted by atomic mass is 10.1. The number of aliphatic hydroxyl groups is 1. The molecule has 0 fully saturated rings. The number of hydrogen-bond acceptors (Lipinski definition) is 5. The highest BCUT2D eigenvalue weighted by Crippen LogP contribution is 2.21. The Hall–Kier alpha value is -2.30. The zero-order chi connectivity index (χ0) is 10.8. The molecular formula is C10H12N4O. The van der Waals surface area contributed by atoms with Crippen molar-refractivity contribution >= 4 is 17.1 Å². The molecule has 1 aliphatic rings. The van der Waals surface area contributed by atoms with Crippen LogP contribution in [0, 0.1) is 0 Å². The summed E-state index contributed by atoms with van der Waals surface area (Å²) in [6.45, 7) is 0. The Labute approximate surface area is 87.1 Å². The van der Waals surface area contributed by atoms with Crippen LogP contribution in [0.3, 0.4) is 0 Å². The molecule has 78 valence electrons. The molecule has 0 aliphatic carbocycles. The number of rotatable bonds is 1. The number of allylic oxidation sites excluding steroid dienone is 2. The van der Waals surface area contributed by atoms with E-state index in [4.69, 9.17) is 16.6 Å². The highest BCUT2D eigenvalue weighted by atomic mass is 16.3. The molecule has 0 amide bonds. The van der Waals surface area contributed by atoms with Crippen molar-refractivity contribution in [3.05, 3.63) is 41.8 Å². The number of nitrogens with one attached hydrogen (secondary N) is 2. The minimum atomic E-state index is 0.0715. The first kappa shape index (κ1) is 9.26. The first-order chi connectivity index (χ1) is 7.16. The monoisotopic (exact) mass is 204 g/mol. The molecule has 0 spiro atoms. The molecule has 1 aromatic carbocycles. The Balaban J connectivity index is 2.35. The first-order valence-electron chi connectivity index (χ1n) is 4.45. The van der Waals surface area contributed by atoms with Gasteiger partial charge < -0.3 is 16.6 Å². The second-order valence-corrected chi connectivity index (χ2v) is 3.23. The van der Waals surface area contributed by atoms with Crippen LogP contribution in [-0.2, 0) is 0 Å². The fourth-order valence-corrected chi connectivity index (χ4v) is 1.29. The first-order valence-corrected chi connectivity index (χ1v) is 4.45. The van der Waals surface area contributed by atoms with E-state index in [9.17, 15) is 0 Å². The minimum Gasteiger partial charge on any atom is -0.494 e. The molecule has 0 bridgehead atoms. The smallest absolute Gasteiger partial charge is 0.203 e. The number of anilines is 2. The maximum atomic E-state index is 9.07. The molecule has 0 unspecified atom stereocenters. The summed E-state index contributed by atoms with van der Waals surface area (Å²) < 4.78 is 0. The molecule has 1 heterocycles. The normalized spacial score (nSPS) is 14.7. The molecule has 15 heavy (non-hydrogen) atoms.